The minimum Gasteiger partial charge on any atom is -0.512 e. The minimum atomic E-state index is -1.41. The molecule has 0 fully saturated rings. The number of aliphatic hydroxyl groups excluding tert-OH is 1. The van der Waals surface area contributed by atoms with Crippen LogP contribution in [-0.4, -0.2) is 40.5 Å². The Labute approximate surface area is 155 Å². The number of aliphatic hydroxyl groups is 2. The van der Waals surface area contributed by atoms with Crippen LogP contribution in [0, 0.1) is 5.92 Å². The molecule has 0 saturated carbocycles. The second-order valence-corrected chi connectivity index (χ2v) is 7.28. The van der Waals surface area contributed by atoms with Crippen molar-refractivity contribution in [3.05, 3.63) is 41.2 Å². The summed E-state index contributed by atoms with van der Waals surface area (Å²) < 4.78 is 0. The van der Waals surface area contributed by atoms with E-state index in [1.165, 1.54) is 13.8 Å². The second-order valence-electron chi connectivity index (χ2n) is 7.28. The standard InChI is InChI=1S/C21H29NO4/c1-6-22(7-2)16-10-8-15(9-11-16)19-18(13(3)23)17(25)12-21(5,26)20(19)14(4)24/h8-11,19-20,25-26H,6-7,12H2,1-5H3/t19-,20+,21+/m0/s1. The molecule has 1 aromatic rings. The molecule has 0 heterocycles. The number of hydrogen-bond acceptors (Lipinski definition) is 5. The topological polar surface area (TPSA) is 77.8 Å². The highest BCUT2D eigenvalue weighted by Crippen LogP contribution is 2.47. The molecule has 0 amide bonds. The summed E-state index contributed by atoms with van der Waals surface area (Å²) >= 11 is 0. The maximum Gasteiger partial charge on any atom is 0.159 e. The summed E-state index contributed by atoms with van der Waals surface area (Å²) in [5, 5.41) is 21.2. The highest BCUT2D eigenvalue weighted by molar-refractivity contribution is 5.97. The van der Waals surface area contributed by atoms with E-state index in [-0.39, 0.29) is 29.3 Å². The van der Waals surface area contributed by atoms with E-state index in [4.69, 9.17) is 0 Å². The van der Waals surface area contributed by atoms with Gasteiger partial charge in [0.05, 0.1) is 11.5 Å². The highest BCUT2D eigenvalue weighted by atomic mass is 16.3. The zero-order valence-corrected chi connectivity index (χ0v) is 16.2. The summed E-state index contributed by atoms with van der Waals surface area (Å²) in [7, 11) is 0. The largest absolute Gasteiger partial charge is 0.512 e. The maximum atomic E-state index is 12.4. The first kappa shape index (κ1) is 20.2. The maximum absolute atomic E-state index is 12.4. The highest BCUT2D eigenvalue weighted by Gasteiger charge is 2.49. The molecule has 2 N–H and O–H groups in total. The van der Waals surface area contributed by atoms with Crippen LogP contribution in [0.15, 0.2) is 35.6 Å². The number of ketones is 2. The molecule has 0 bridgehead atoms. The van der Waals surface area contributed by atoms with Crippen molar-refractivity contribution < 1.29 is 19.8 Å². The molecule has 0 unspecified atom stereocenters. The van der Waals surface area contributed by atoms with Crippen molar-refractivity contribution in [2.75, 3.05) is 18.0 Å². The van der Waals surface area contributed by atoms with Crippen LogP contribution in [0.1, 0.15) is 52.5 Å². The summed E-state index contributed by atoms with van der Waals surface area (Å²) in [5.41, 5.74) is 0.625. The summed E-state index contributed by atoms with van der Waals surface area (Å²) in [6.45, 7) is 10.3. The third-order valence-corrected chi connectivity index (χ3v) is 5.35. The van der Waals surface area contributed by atoms with Gasteiger partial charge in [-0.1, -0.05) is 12.1 Å². The molecule has 0 aliphatic heterocycles. The first-order chi connectivity index (χ1) is 12.1. The van der Waals surface area contributed by atoms with Crippen LogP contribution in [0.2, 0.25) is 0 Å². The van der Waals surface area contributed by atoms with E-state index in [9.17, 15) is 19.8 Å². The van der Waals surface area contributed by atoms with Crippen LogP contribution in [-0.2, 0) is 9.59 Å². The number of anilines is 1. The molecular weight excluding hydrogens is 330 g/mol. The van der Waals surface area contributed by atoms with E-state index in [2.05, 4.69) is 18.7 Å². The van der Waals surface area contributed by atoms with Gasteiger partial charge in [-0.3, -0.25) is 9.59 Å². The van der Waals surface area contributed by atoms with Gasteiger partial charge in [-0.2, -0.15) is 0 Å². The monoisotopic (exact) mass is 359 g/mol. The van der Waals surface area contributed by atoms with Crippen molar-refractivity contribution in [1.82, 2.24) is 0 Å². The zero-order valence-electron chi connectivity index (χ0n) is 16.2. The van der Waals surface area contributed by atoms with Crippen LogP contribution >= 0.6 is 0 Å². The zero-order chi connectivity index (χ0) is 19.6. The van der Waals surface area contributed by atoms with Crippen molar-refractivity contribution in [2.45, 2.75) is 52.6 Å². The lowest BCUT2D eigenvalue weighted by Gasteiger charge is -2.42. The predicted molar refractivity (Wildman–Crippen MR) is 102 cm³/mol. The molecule has 3 atom stereocenters. The van der Waals surface area contributed by atoms with Crippen molar-refractivity contribution in [3.8, 4) is 0 Å². The second kappa shape index (κ2) is 7.62. The van der Waals surface area contributed by atoms with Gasteiger partial charge < -0.3 is 15.1 Å². The van der Waals surface area contributed by atoms with Crippen molar-refractivity contribution in [2.24, 2.45) is 5.92 Å². The lowest BCUT2D eigenvalue weighted by atomic mass is 9.64. The van der Waals surface area contributed by atoms with Gasteiger partial charge in [-0.15, -0.1) is 0 Å². The number of Topliss-reactive ketones (excluding diaryl/α,β-unsaturated/α-hetero) is 2. The Morgan fingerprint density at radius 2 is 1.69 bits per heavy atom. The third kappa shape index (κ3) is 3.68. The molecule has 5 heteroatoms. The average molecular weight is 359 g/mol. The SMILES string of the molecule is CCN(CC)c1ccc([C@H]2C(C(C)=O)=C(O)C[C@@](C)(O)[C@@H]2C(C)=O)cc1. The number of benzene rings is 1. The van der Waals surface area contributed by atoms with Gasteiger partial charge in [0, 0.05) is 36.7 Å². The fourth-order valence-electron chi connectivity index (χ4n) is 4.18. The fraction of sp³-hybridized carbons (Fsp3) is 0.524. The molecule has 2 rings (SSSR count). The van der Waals surface area contributed by atoms with Gasteiger partial charge in [0.25, 0.3) is 0 Å². The van der Waals surface area contributed by atoms with Crippen LogP contribution < -0.4 is 4.90 Å². The van der Waals surface area contributed by atoms with Gasteiger partial charge in [0.2, 0.25) is 0 Å². The number of carbonyl (C=O) groups is 2. The molecule has 1 aliphatic rings. The minimum absolute atomic E-state index is 0.0970. The molecule has 0 aromatic heterocycles. The lowest BCUT2D eigenvalue weighted by molar-refractivity contribution is -0.132. The van der Waals surface area contributed by atoms with E-state index in [1.54, 1.807) is 6.92 Å². The average Bonchev–Trinajstić information content (AvgIpc) is 2.54. The molecule has 0 spiro atoms. The van der Waals surface area contributed by atoms with E-state index >= 15 is 0 Å². The van der Waals surface area contributed by atoms with Gasteiger partial charge in [-0.05, 0) is 52.3 Å². The van der Waals surface area contributed by atoms with Crippen molar-refractivity contribution in [3.63, 3.8) is 0 Å². The van der Waals surface area contributed by atoms with Gasteiger partial charge in [-0.25, -0.2) is 0 Å². The Kier molecular flexibility index (Phi) is 5.91. The van der Waals surface area contributed by atoms with Crippen LogP contribution in [0.25, 0.3) is 0 Å². The first-order valence-electron chi connectivity index (χ1n) is 9.14. The van der Waals surface area contributed by atoms with E-state index in [0.717, 1.165) is 24.3 Å². The molecular formula is C21H29NO4. The van der Waals surface area contributed by atoms with Crippen LogP contribution in [0.5, 0.6) is 0 Å². The lowest BCUT2D eigenvalue weighted by Crippen LogP contribution is -2.47. The Balaban J connectivity index is 2.58. The van der Waals surface area contributed by atoms with E-state index in [1.807, 2.05) is 24.3 Å². The quantitative estimate of drug-likeness (QED) is 0.814. The Hall–Kier alpha value is -2.14. The van der Waals surface area contributed by atoms with Gasteiger partial charge in [0.1, 0.15) is 11.5 Å². The number of allylic oxidation sites excluding steroid dienone is 1. The molecule has 1 aliphatic carbocycles. The van der Waals surface area contributed by atoms with Crippen LogP contribution in [0.4, 0.5) is 5.69 Å². The van der Waals surface area contributed by atoms with E-state index < -0.39 is 17.4 Å². The third-order valence-electron chi connectivity index (χ3n) is 5.35. The Morgan fingerprint density at radius 3 is 2.12 bits per heavy atom. The Morgan fingerprint density at radius 1 is 1.15 bits per heavy atom. The summed E-state index contributed by atoms with van der Waals surface area (Å²) in [6, 6.07) is 7.67. The summed E-state index contributed by atoms with van der Waals surface area (Å²) in [5.74, 6) is -2.03. The van der Waals surface area contributed by atoms with Crippen molar-refractivity contribution >= 4 is 17.3 Å². The Bertz CT molecular complexity index is 714. The van der Waals surface area contributed by atoms with Crippen molar-refractivity contribution in [1.29, 1.82) is 0 Å². The normalized spacial score (nSPS) is 25.9. The summed E-state index contributed by atoms with van der Waals surface area (Å²) in [6.07, 6.45) is -0.0970. The molecule has 0 radical (unpaired) electrons. The predicted octanol–water partition coefficient (Wildman–Crippen LogP) is 3.38. The molecule has 142 valence electrons. The van der Waals surface area contributed by atoms with Crippen LogP contribution in [0.3, 0.4) is 0 Å². The number of carbonyl (C=O) groups excluding carboxylic acids is 2. The smallest absolute Gasteiger partial charge is 0.159 e. The summed E-state index contributed by atoms with van der Waals surface area (Å²) in [4.78, 5) is 26.8. The molecule has 5 nitrogen and oxygen atoms in total. The first-order valence-corrected chi connectivity index (χ1v) is 9.14. The van der Waals surface area contributed by atoms with E-state index in [0.29, 0.717) is 0 Å². The van der Waals surface area contributed by atoms with Gasteiger partial charge in [0.15, 0.2) is 5.78 Å². The fourth-order valence-corrected chi connectivity index (χ4v) is 4.18. The molecule has 26 heavy (non-hydrogen) atoms. The molecule has 0 saturated heterocycles. The van der Waals surface area contributed by atoms with Gasteiger partial charge >= 0.3 is 0 Å². The number of hydrogen-bond donors (Lipinski definition) is 2. The number of nitrogens with zero attached hydrogens (tertiary/aromatic N) is 1. The molecule has 1 aromatic carbocycles. The number of rotatable bonds is 6.